The van der Waals surface area contributed by atoms with Crippen LogP contribution >= 0.6 is 27.5 Å². The SMILES string of the molecule is COc1ccc(Br)cc1C(=O)Nc1ccc(Cl)c(C(=O)O)c1. The van der Waals surface area contributed by atoms with Gasteiger partial charge in [0.25, 0.3) is 5.91 Å². The number of hydrogen-bond acceptors (Lipinski definition) is 3. The summed E-state index contributed by atoms with van der Waals surface area (Å²) in [6, 6.07) is 9.26. The van der Waals surface area contributed by atoms with E-state index in [1.54, 1.807) is 18.2 Å². The van der Waals surface area contributed by atoms with E-state index >= 15 is 0 Å². The maximum atomic E-state index is 12.3. The summed E-state index contributed by atoms with van der Waals surface area (Å²) in [5, 5.41) is 11.8. The lowest BCUT2D eigenvalue weighted by Crippen LogP contribution is -2.13. The highest BCUT2D eigenvalue weighted by Crippen LogP contribution is 2.25. The van der Waals surface area contributed by atoms with Crippen LogP contribution in [0.1, 0.15) is 20.7 Å². The average Bonchev–Trinajstić information content (AvgIpc) is 2.48. The quantitative estimate of drug-likeness (QED) is 0.833. The molecule has 0 aliphatic carbocycles. The Kier molecular flexibility index (Phi) is 5.05. The van der Waals surface area contributed by atoms with Crippen molar-refractivity contribution in [1.82, 2.24) is 0 Å². The summed E-state index contributed by atoms with van der Waals surface area (Å²) in [6.07, 6.45) is 0. The van der Waals surface area contributed by atoms with Gasteiger partial charge in [-0.3, -0.25) is 4.79 Å². The predicted octanol–water partition coefficient (Wildman–Crippen LogP) is 4.06. The molecule has 0 atom stereocenters. The minimum Gasteiger partial charge on any atom is -0.496 e. The molecule has 0 bridgehead atoms. The normalized spacial score (nSPS) is 10.1. The lowest BCUT2D eigenvalue weighted by molar-refractivity contribution is 0.0696. The summed E-state index contributed by atoms with van der Waals surface area (Å²) in [7, 11) is 1.46. The van der Waals surface area contributed by atoms with Crippen molar-refractivity contribution in [1.29, 1.82) is 0 Å². The number of hydrogen-bond donors (Lipinski definition) is 2. The second-order valence-electron chi connectivity index (χ2n) is 4.30. The molecular weight excluding hydrogens is 374 g/mol. The monoisotopic (exact) mass is 383 g/mol. The number of methoxy groups -OCH3 is 1. The number of benzene rings is 2. The van der Waals surface area contributed by atoms with Crippen molar-refractivity contribution in [3.63, 3.8) is 0 Å². The number of anilines is 1. The second-order valence-corrected chi connectivity index (χ2v) is 5.62. The first kappa shape index (κ1) is 16.3. The van der Waals surface area contributed by atoms with E-state index in [1.165, 1.54) is 25.3 Å². The number of nitrogens with one attached hydrogen (secondary N) is 1. The molecule has 0 aromatic heterocycles. The van der Waals surface area contributed by atoms with E-state index in [2.05, 4.69) is 21.2 Å². The van der Waals surface area contributed by atoms with Crippen LogP contribution in [0.4, 0.5) is 5.69 Å². The molecule has 0 spiro atoms. The Morgan fingerprint density at radius 2 is 1.91 bits per heavy atom. The van der Waals surface area contributed by atoms with Crippen molar-refractivity contribution >= 4 is 45.1 Å². The van der Waals surface area contributed by atoms with E-state index in [0.29, 0.717) is 17.0 Å². The zero-order chi connectivity index (χ0) is 16.3. The van der Waals surface area contributed by atoms with Crippen LogP contribution in [0.2, 0.25) is 5.02 Å². The Balaban J connectivity index is 2.31. The highest BCUT2D eigenvalue weighted by atomic mass is 79.9. The Hall–Kier alpha value is -2.05. The number of amides is 1. The zero-order valence-electron chi connectivity index (χ0n) is 11.4. The van der Waals surface area contributed by atoms with Crippen molar-refractivity contribution < 1.29 is 19.4 Å². The molecule has 2 aromatic carbocycles. The fraction of sp³-hybridized carbons (Fsp3) is 0.0667. The highest BCUT2D eigenvalue weighted by Gasteiger charge is 2.15. The first-order valence-corrected chi connectivity index (χ1v) is 7.27. The van der Waals surface area contributed by atoms with Crippen LogP contribution in [-0.2, 0) is 0 Å². The highest BCUT2D eigenvalue weighted by molar-refractivity contribution is 9.10. The smallest absolute Gasteiger partial charge is 0.337 e. The summed E-state index contributed by atoms with van der Waals surface area (Å²) in [5.41, 5.74) is 0.568. The van der Waals surface area contributed by atoms with E-state index in [9.17, 15) is 9.59 Å². The molecule has 0 aliphatic rings. The zero-order valence-corrected chi connectivity index (χ0v) is 13.7. The number of carbonyl (C=O) groups excluding carboxylic acids is 1. The number of ether oxygens (including phenoxy) is 1. The number of carboxylic acid groups (broad SMARTS) is 1. The van der Waals surface area contributed by atoms with E-state index in [0.717, 1.165) is 4.47 Å². The van der Waals surface area contributed by atoms with Crippen molar-refractivity contribution in [3.05, 3.63) is 57.0 Å². The molecule has 0 heterocycles. The molecule has 0 unspecified atom stereocenters. The Morgan fingerprint density at radius 3 is 2.55 bits per heavy atom. The van der Waals surface area contributed by atoms with E-state index in [1.807, 2.05) is 0 Å². The summed E-state index contributed by atoms with van der Waals surface area (Å²) in [4.78, 5) is 23.4. The maximum absolute atomic E-state index is 12.3. The van der Waals surface area contributed by atoms with E-state index in [-0.39, 0.29) is 10.6 Å². The van der Waals surface area contributed by atoms with Gasteiger partial charge in [-0.2, -0.15) is 0 Å². The van der Waals surface area contributed by atoms with Crippen LogP contribution in [0.15, 0.2) is 40.9 Å². The maximum Gasteiger partial charge on any atom is 0.337 e. The van der Waals surface area contributed by atoms with Crippen molar-refractivity contribution in [2.45, 2.75) is 0 Å². The molecule has 0 saturated carbocycles. The van der Waals surface area contributed by atoms with Gasteiger partial charge in [0.05, 0.1) is 23.3 Å². The van der Waals surface area contributed by atoms with Crippen LogP contribution in [0.25, 0.3) is 0 Å². The third-order valence-corrected chi connectivity index (χ3v) is 3.68. The minimum absolute atomic E-state index is 0.0827. The standard InChI is InChI=1S/C15H11BrClNO4/c1-22-13-5-2-8(16)6-11(13)14(19)18-9-3-4-12(17)10(7-9)15(20)21/h2-7H,1H3,(H,18,19)(H,20,21). The lowest BCUT2D eigenvalue weighted by Gasteiger charge is -2.10. The van der Waals surface area contributed by atoms with Crippen LogP contribution in [0.3, 0.4) is 0 Å². The van der Waals surface area contributed by atoms with Crippen LogP contribution < -0.4 is 10.1 Å². The van der Waals surface area contributed by atoms with Crippen molar-refractivity contribution in [3.8, 4) is 5.75 Å². The van der Waals surface area contributed by atoms with Gasteiger partial charge in [0, 0.05) is 10.2 Å². The van der Waals surface area contributed by atoms with Gasteiger partial charge in [-0.25, -0.2) is 4.79 Å². The van der Waals surface area contributed by atoms with Gasteiger partial charge in [0.2, 0.25) is 0 Å². The molecule has 2 aromatic rings. The molecule has 22 heavy (non-hydrogen) atoms. The molecular formula is C15H11BrClNO4. The minimum atomic E-state index is -1.17. The number of carboxylic acids is 1. The molecule has 5 nitrogen and oxygen atoms in total. The summed E-state index contributed by atoms with van der Waals surface area (Å²) >= 11 is 9.08. The number of carbonyl (C=O) groups is 2. The molecule has 114 valence electrons. The number of halogens is 2. The van der Waals surface area contributed by atoms with Gasteiger partial charge in [-0.15, -0.1) is 0 Å². The van der Waals surface area contributed by atoms with Gasteiger partial charge < -0.3 is 15.2 Å². The van der Waals surface area contributed by atoms with Crippen LogP contribution in [0, 0.1) is 0 Å². The lowest BCUT2D eigenvalue weighted by atomic mass is 10.1. The molecule has 2 rings (SSSR count). The summed E-state index contributed by atoms with van der Waals surface area (Å²) < 4.78 is 5.87. The van der Waals surface area contributed by atoms with Gasteiger partial charge in [0.1, 0.15) is 5.75 Å². The average molecular weight is 385 g/mol. The molecule has 0 aliphatic heterocycles. The third-order valence-electron chi connectivity index (χ3n) is 2.86. The second kappa shape index (κ2) is 6.81. The summed E-state index contributed by atoms with van der Waals surface area (Å²) in [6.45, 7) is 0. The van der Waals surface area contributed by atoms with Crippen molar-refractivity contribution in [2.75, 3.05) is 12.4 Å². The molecule has 1 amide bonds. The first-order chi connectivity index (χ1) is 10.4. The topological polar surface area (TPSA) is 75.6 Å². The van der Waals surface area contributed by atoms with Crippen LogP contribution in [0.5, 0.6) is 5.75 Å². The first-order valence-electron chi connectivity index (χ1n) is 6.10. The van der Waals surface area contributed by atoms with E-state index < -0.39 is 11.9 Å². The number of aromatic carboxylic acids is 1. The summed E-state index contributed by atoms with van der Waals surface area (Å²) in [5.74, 6) is -1.17. The Morgan fingerprint density at radius 1 is 1.18 bits per heavy atom. The molecule has 7 heteroatoms. The molecule has 0 radical (unpaired) electrons. The molecule has 0 saturated heterocycles. The van der Waals surface area contributed by atoms with Gasteiger partial charge in [-0.1, -0.05) is 27.5 Å². The fourth-order valence-electron chi connectivity index (χ4n) is 1.82. The predicted molar refractivity (Wildman–Crippen MR) is 87.1 cm³/mol. The fourth-order valence-corrected chi connectivity index (χ4v) is 2.38. The largest absolute Gasteiger partial charge is 0.496 e. The Labute approximate surface area is 140 Å². The third kappa shape index (κ3) is 3.58. The molecule has 0 fully saturated rings. The van der Waals surface area contributed by atoms with Crippen LogP contribution in [-0.4, -0.2) is 24.1 Å². The van der Waals surface area contributed by atoms with Gasteiger partial charge >= 0.3 is 5.97 Å². The Bertz CT molecular complexity index is 748. The van der Waals surface area contributed by atoms with Gasteiger partial charge in [0.15, 0.2) is 0 Å². The van der Waals surface area contributed by atoms with Crippen molar-refractivity contribution in [2.24, 2.45) is 0 Å². The van der Waals surface area contributed by atoms with E-state index in [4.69, 9.17) is 21.4 Å². The van der Waals surface area contributed by atoms with Gasteiger partial charge in [-0.05, 0) is 36.4 Å². The molecule has 2 N–H and O–H groups in total. The number of rotatable bonds is 4.